The predicted molar refractivity (Wildman–Crippen MR) is 160 cm³/mol. The molecule has 2 unspecified atom stereocenters. The maximum atomic E-state index is 12.9. The highest BCUT2D eigenvalue weighted by molar-refractivity contribution is 5.87. The minimum Gasteiger partial charge on any atom is -0.497 e. The zero-order chi connectivity index (χ0) is 29.8. The molecular weight excluding hydrogens is 508 g/mol. The van der Waals surface area contributed by atoms with Crippen LogP contribution in [-0.4, -0.2) is 76.1 Å². The Morgan fingerprint density at radius 3 is 2.38 bits per heavy atom. The van der Waals surface area contributed by atoms with Gasteiger partial charge in [-0.05, 0) is 56.4 Å². The molecule has 0 fully saturated rings. The molecule has 0 aliphatic carbocycles. The number of hydrogen-bond acceptors (Lipinski definition) is 6. The molecule has 0 radical (unpaired) electrons. The standard InChI is InChI=1S/C23H38N4O4.C8H10O/c1-5-18(3)22(23(30)27(4)16-21(29)25-6-2)26-14-15-31-20-12-8-7-10-19(20)11-9-13-24-17-28;1-7-3-5-8(9-2)6-4-7/h7-8,10,12,17-18,22,26H,5-6,9,11,13-16H2,1-4H3,(H,24,28)(H,25,29);3-6H,1-2H3. The zero-order valence-corrected chi connectivity index (χ0v) is 25.0. The first-order valence-corrected chi connectivity index (χ1v) is 14.0. The Kier molecular flexibility index (Phi) is 17.5. The highest BCUT2D eigenvalue weighted by Crippen LogP contribution is 2.19. The fraction of sp³-hybridized carbons (Fsp3) is 0.516. The summed E-state index contributed by atoms with van der Waals surface area (Å²) < 4.78 is 10.9. The zero-order valence-electron chi connectivity index (χ0n) is 25.0. The van der Waals surface area contributed by atoms with Crippen LogP contribution in [0.2, 0.25) is 0 Å². The van der Waals surface area contributed by atoms with Crippen molar-refractivity contribution in [1.82, 2.24) is 20.9 Å². The predicted octanol–water partition coefficient (Wildman–Crippen LogP) is 3.35. The number of ether oxygens (including phenoxy) is 2. The van der Waals surface area contributed by atoms with E-state index in [1.54, 1.807) is 14.2 Å². The van der Waals surface area contributed by atoms with Crippen molar-refractivity contribution >= 4 is 18.2 Å². The summed E-state index contributed by atoms with van der Waals surface area (Å²) >= 11 is 0. The third-order valence-corrected chi connectivity index (χ3v) is 6.41. The number of benzene rings is 2. The van der Waals surface area contributed by atoms with Gasteiger partial charge < -0.3 is 30.3 Å². The number of carbonyl (C=O) groups excluding carboxylic acids is 3. The van der Waals surface area contributed by atoms with Crippen LogP contribution in [0.1, 0.15) is 44.7 Å². The Bertz CT molecular complexity index is 999. The van der Waals surface area contributed by atoms with Gasteiger partial charge in [-0.1, -0.05) is 56.2 Å². The summed E-state index contributed by atoms with van der Waals surface area (Å²) in [6.45, 7) is 10.1. The third kappa shape index (κ3) is 13.5. The van der Waals surface area contributed by atoms with E-state index in [0.29, 0.717) is 32.7 Å². The molecule has 9 heteroatoms. The van der Waals surface area contributed by atoms with Gasteiger partial charge in [0.15, 0.2) is 0 Å². The SMILES string of the molecule is CCNC(=O)CN(C)C(=O)C(NCCOc1ccccc1CCCNC=O)C(C)CC.COc1ccc(C)cc1. The molecule has 0 saturated heterocycles. The summed E-state index contributed by atoms with van der Waals surface area (Å²) in [6.07, 6.45) is 3.19. The van der Waals surface area contributed by atoms with Gasteiger partial charge in [0.05, 0.1) is 19.7 Å². The summed E-state index contributed by atoms with van der Waals surface area (Å²) in [4.78, 5) is 36.5. The van der Waals surface area contributed by atoms with Crippen molar-refractivity contribution in [2.75, 3.05) is 46.9 Å². The normalized spacial score (nSPS) is 11.8. The molecule has 0 aromatic heterocycles. The van der Waals surface area contributed by atoms with E-state index in [2.05, 4.69) is 22.9 Å². The lowest BCUT2D eigenvalue weighted by Gasteiger charge is -2.28. The number of amides is 3. The summed E-state index contributed by atoms with van der Waals surface area (Å²) in [5, 5.41) is 8.69. The maximum Gasteiger partial charge on any atom is 0.240 e. The van der Waals surface area contributed by atoms with E-state index < -0.39 is 0 Å². The lowest BCUT2D eigenvalue weighted by atomic mass is 9.98. The van der Waals surface area contributed by atoms with Crippen molar-refractivity contribution in [2.24, 2.45) is 5.92 Å². The molecular formula is C31H48N4O5. The molecule has 9 nitrogen and oxygen atoms in total. The molecule has 0 heterocycles. The van der Waals surface area contributed by atoms with E-state index in [4.69, 9.17) is 9.47 Å². The molecule has 2 atom stereocenters. The average Bonchev–Trinajstić information content (AvgIpc) is 2.96. The van der Waals surface area contributed by atoms with Crippen LogP contribution in [0, 0.1) is 12.8 Å². The fourth-order valence-electron chi connectivity index (χ4n) is 3.89. The van der Waals surface area contributed by atoms with Gasteiger partial charge >= 0.3 is 0 Å². The molecule has 0 saturated carbocycles. The average molecular weight is 557 g/mol. The monoisotopic (exact) mass is 556 g/mol. The topological polar surface area (TPSA) is 109 Å². The fourth-order valence-corrected chi connectivity index (χ4v) is 3.89. The van der Waals surface area contributed by atoms with Gasteiger partial charge in [-0.25, -0.2) is 0 Å². The van der Waals surface area contributed by atoms with Crippen molar-refractivity contribution in [3.8, 4) is 11.5 Å². The van der Waals surface area contributed by atoms with Gasteiger partial charge in [0.1, 0.15) is 18.1 Å². The van der Waals surface area contributed by atoms with Crippen LogP contribution in [0.3, 0.4) is 0 Å². The Morgan fingerprint density at radius 1 is 1.05 bits per heavy atom. The molecule has 222 valence electrons. The summed E-state index contributed by atoms with van der Waals surface area (Å²) in [7, 11) is 3.32. The van der Waals surface area contributed by atoms with Gasteiger partial charge in [-0.3, -0.25) is 14.4 Å². The largest absolute Gasteiger partial charge is 0.497 e. The van der Waals surface area contributed by atoms with E-state index in [1.165, 1.54) is 10.5 Å². The van der Waals surface area contributed by atoms with E-state index in [-0.39, 0.29) is 30.3 Å². The first-order chi connectivity index (χ1) is 19.3. The lowest BCUT2D eigenvalue weighted by Crippen LogP contribution is -2.51. The van der Waals surface area contributed by atoms with Crippen LogP contribution >= 0.6 is 0 Å². The van der Waals surface area contributed by atoms with Crippen LogP contribution in [0.4, 0.5) is 0 Å². The van der Waals surface area contributed by atoms with Gasteiger partial charge in [-0.2, -0.15) is 0 Å². The molecule has 0 aliphatic rings. The number of carbonyl (C=O) groups is 3. The van der Waals surface area contributed by atoms with Crippen LogP contribution in [0.15, 0.2) is 48.5 Å². The minimum absolute atomic E-state index is 0.0458. The first kappa shape index (κ1) is 34.4. The van der Waals surface area contributed by atoms with Crippen LogP contribution in [0.5, 0.6) is 11.5 Å². The Balaban J connectivity index is 0.000000747. The molecule has 3 amide bonds. The highest BCUT2D eigenvalue weighted by atomic mass is 16.5. The number of methoxy groups -OCH3 is 1. The quantitative estimate of drug-likeness (QED) is 0.204. The summed E-state index contributed by atoms with van der Waals surface area (Å²) in [6, 6.07) is 15.4. The molecule has 40 heavy (non-hydrogen) atoms. The summed E-state index contributed by atoms with van der Waals surface area (Å²) in [5.74, 6) is 1.60. The Morgan fingerprint density at radius 2 is 1.75 bits per heavy atom. The Hall–Kier alpha value is -3.59. The van der Waals surface area contributed by atoms with Gasteiger partial charge in [0, 0.05) is 26.7 Å². The Labute approximate surface area is 240 Å². The molecule has 2 aromatic carbocycles. The van der Waals surface area contributed by atoms with Gasteiger partial charge in [0.2, 0.25) is 18.2 Å². The van der Waals surface area contributed by atoms with Crippen molar-refractivity contribution in [3.05, 3.63) is 59.7 Å². The molecule has 2 aromatic rings. The number of likely N-dealkylation sites (N-methyl/N-ethyl adjacent to an activating group) is 2. The number of nitrogens with one attached hydrogen (secondary N) is 3. The number of aryl methyl sites for hydroxylation is 2. The van der Waals surface area contributed by atoms with Crippen LogP contribution in [-0.2, 0) is 20.8 Å². The molecule has 0 spiro atoms. The second-order valence-electron chi connectivity index (χ2n) is 9.61. The van der Waals surface area contributed by atoms with Crippen molar-refractivity contribution in [3.63, 3.8) is 0 Å². The van der Waals surface area contributed by atoms with Crippen molar-refractivity contribution in [2.45, 2.75) is 53.0 Å². The van der Waals surface area contributed by atoms with Gasteiger partial charge in [0.25, 0.3) is 0 Å². The molecule has 3 N–H and O–H groups in total. The van der Waals surface area contributed by atoms with Gasteiger partial charge in [-0.15, -0.1) is 0 Å². The molecule has 2 rings (SSSR count). The lowest BCUT2D eigenvalue weighted by molar-refractivity contribution is -0.137. The van der Waals surface area contributed by atoms with E-state index in [9.17, 15) is 14.4 Å². The highest BCUT2D eigenvalue weighted by Gasteiger charge is 2.27. The molecule has 0 aliphatic heterocycles. The van der Waals surface area contributed by atoms with E-state index in [0.717, 1.165) is 36.3 Å². The van der Waals surface area contributed by atoms with Crippen molar-refractivity contribution < 1.29 is 23.9 Å². The second-order valence-corrected chi connectivity index (χ2v) is 9.61. The third-order valence-electron chi connectivity index (χ3n) is 6.41. The maximum absolute atomic E-state index is 12.9. The summed E-state index contributed by atoms with van der Waals surface area (Å²) in [5.41, 5.74) is 2.35. The van der Waals surface area contributed by atoms with Crippen molar-refractivity contribution in [1.29, 1.82) is 0 Å². The van der Waals surface area contributed by atoms with E-state index in [1.807, 2.05) is 69.3 Å². The van der Waals surface area contributed by atoms with E-state index >= 15 is 0 Å². The smallest absolute Gasteiger partial charge is 0.240 e. The minimum atomic E-state index is -0.377. The number of para-hydroxylation sites is 1. The van der Waals surface area contributed by atoms with Crippen LogP contribution < -0.4 is 25.4 Å². The number of hydrogen-bond donors (Lipinski definition) is 3. The first-order valence-electron chi connectivity index (χ1n) is 14.0. The number of rotatable bonds is 17. The molecule has 0 bridgehead atoms. The second kappa shape index (κ2) is 20.3. The van der Waals surface area contributed by atoms with Crippen LogP contribution in [0.25, 0.3) is 0 Å². The number of nitrogens with zero attached hydrogens (tertiary/aromatic N) is 1.